The summed E-state index contributed by atoms with van der Waals surface area (Å²) < 4.78 is 0. The normalized spacial score (nSPS) is 12.4. The van der Waals surface area contributed by atoms with Gasteiger partial charge >= 0.3 is 0 Å². The predicted molar refractivity (Wildman–Crippen MR) is 283 cm³/mol. The highest BCUT2D eigenvalue weighted by molar-refractivity contribution is 6.08. The minimum absolute atomic E-state index is 1.16. The van der Waals surface area contributed by atoms with Crippen LogP contribution in [0.2, 0.25) is 0 Å². The highest BCUT2D eigenvalue weighted by Gasteiger charge is 2.23. The van der Waals surface area contributed by atoms with Gasteiger partial charge in [-0.2, -0.15) is 0 Å². The van der Waals surface area contributed by atoms with Gasteiger partial charge in [0.1, 0.15) is 0 Å². The fourth-order valence-electron chi connectivity index (χ4n) is 10.1. The molecule has 10 aromatic rings. The summed E-state index contributed by atoms with van der Waals surface area (Å²) in [6, 6.07) is 83.8. The molecule has 12 rings (SSSR count). The minimum Gasteiger partial charge on any atom is -0.0616 e. The summed E-state index contributed by atoms with van der Waals surface area (Å²) in [6.45, 7) is 0. The Morgan fingerprint density at radius 3 is 0.697 bits per heavy atom. The van der Waals surface area contributed by atoms with Crippen molar-refractivity contribution < 1.29 is 0 Å². The molecule has 66 heavy (non-hydrogen) atoms. The number of hydrogen-bond acceptors (Lipinski definition) is 0. The third kappa shape index (κ3) is 7.16. The van der Waals surface area contributed by atoms with Crippen LogP contribution in [0, 0.1) is 0 Å². The summed E-state index contributed by atoms with van der Waals surface area (Å²) in [5.41, 5.74) is 24.7. The summed E-state index contributed by atoms with van der Waals surface area (Å²) in [7, 11) is 0. The van der Waals surface area contributed by atoms with Crippen LogP contribution < -0.4 is 0 Å². The second-order valence-electron chi connectivity index (χ2n) is 17.2. The van der Waals surface area contributed by atoms with Crippen LogP contribution in [0.3, 0.4) is 0 Å². The van der Waals surface area contributed by atoms with Gasteiger partial charge < -0.3 is 0 Å². The molecule has 0 radical (unpaired) electrons. The van der Waals surface area contributed by atoms with Gasteiger partial charge in [-0.3, -0.25) is 0 Å². The molecule has 10 aromatic carbocycles. The molecular formula is C66H44. The summed E-state index contributed by atoms with van der Waals surface area (Å²) in [4.78, 5) is 0. The predicted octanol–water partition coefficient (Wildman–Crippen LogP) is 17.7. The molecule has 0 N–H and O–H groups in total. The zero-order chi connectivity index (χ0) is 43.8. The maximum absolute atomic E-state index is 2.35. The summed E-state index contributed by atoms with van der Waals surface area (Å²) in [5, 5.41) is 2.47. The lowest BCUT2D eigenvalue weighted by Crippen LogP contribution is -1.90. The molecule has 0 saturated carbocycles. The SMILES string of the molecule is C(=C1c2ccccc2-c2ccccc2-c2ccccc21)c1ccc(/C=C\c2ccc(/C=C\c3ccc(C=C4c5ccccc5-c5ccccc5-c5ccccc54)cc3)c3ccccc23)cc1. The van der Waals surface area contributed by atoms with E-state index < -0.39 is 0 Å². The molecule has 0 amide bonds. The fourth-order valence-corrected chi connectivity index (χ4v) is 10.1. The molecule has 0 atom stereocenters. The van der Waals surface area contributed by atoms with Crippen molar-refractivity contribution >= 4 is 58.4 Å². The molecule has 0 saturated heterocycles. The van der Waals surface area contributed by atoms with Gasteiger partial charge in [0.25, 0.3) is 0 Å². The van der Waals surface area contributed by atoms with E-state index in [1.165, 1.54) is 111 Å². The molecule has 0 bridgehead atoms. The Hall–Kier alpha value is -8.58. The number of rotatable bonds is 6. The average molecular weight is 837 g/mol. The van der Waals surface area contributed by atoms with Crippen molar-refractivity contribution in [1.29, 1.82) is 0 Å². The van der Waals surface area contributed by atoms with E-state index in [-0.39, 0.29) is 0 Å². The molecule has 0 unspecified atom stereocenters. The van der Waals surface area contributed by atoms with Gasteiger partial charge in [-0.25, -0.2) is 0 Å². The Morgan fingerprint density at radius 1 is 0.182 bits per heavy atom. The maximum atomic E-state index is 2.35. The summed E-state index contributed by atoms with van der Waals surface area (Å²) >= 11 is 0. The Morgan fingerprint density at radius 2 is 0.409 bits per heavy atom. The van der Waals surface area contributed by atoms with Crippen LogP contribution in [0.25, 0.3) is 103 Å². The van der Waals surface area contributed by atoms with Crippen LogP contribution in [-0.4, -0.2) is 0 Å². The monoisotopic (exact) mass is 836 g/mol. The third-order valence-electron chi connectivity index (χ3n) is 13.3. The topological polar surface area (TPSA) is 0 Å². The highest BCUT2D eigenvalue weighted by Crippen LogP contribution is 2.47. The number of benzene rings is 10. The number of fused-ring (bicyclic) bond motifs is 11. The van der Waals surface area contributed by atoms with E-state index in [1.54, 1.807) is 0 Å². The van der Waals surface area contributed by atoms with Gasteiger partial charge in [-0.1, -0.05) is 255 Å². The van der Waals surface area contributed by atoms with Crippen molar-refractivity contribution in [1.82, 2.24) is 0 Å². The lowest BCUT2D eigenvalue weighted by Gasteiger charge is -2.12. The van der Waals surface area contributed by atoms with Gasteiger partial charge in [0, 0.05) is 0 Å². The van der Waals surface area contributed by atoms with Crippen LogP contribution in [0.4, 0.5) is 0 Å². The molecule has 0 aliphatic heterocycles. The maximum Gasteiger partial charge on any atom is -0.00930 e. The van der Waals surface area contributed by atoms with Crippen LogP contribution in [-0.2, 0) is 0 Å². The molecule has 0 heterocycles. The summed E-state index contributed by atoms with van der Waals surface area (Å²) in [6.07, 6.45) is 13.6. The van der Waals surface area contributed by atoms with Crippen LogP contribution >= 0.6 is 0 Å². The van der Waals surface area contributed by atoms with Crippen molar-refractivity contribution in [3.8, 4) is 44.5 Å². The minimum atomic E-state index is 1.16. The third-order valence-corrected chi connectivity index (χ3v) is 13.3. The summed E-state index contributed by atoms with van der Waals surface area (Å²) in [5.74, 6) is 0. The first-order chi connectivity index (χ1) is 32.7. The van der Waals surface area contributed by atoms with Crippen molar-refractivity contribution in [3.05, 3.63) is 286 Å². The molecular weight excluding hydrogens is 793 g/mol. The Balaban J connectivity index is 0.802. The molecule has 2 aliphatic rings. The van der Waals surface area contributed by atoms with Crippen molar-refractivity contribution in [3.63, 3.8) is 0 Å². The van der Waals surface area contributed by atoms with Crippen LogP contribution in [0.1, 0.15) is 55.6 Å². The van der Waals surface area contributed by atoms with Crippen molar-refractivity contribution in [2.75, 3.05) is 0 Å². The molecule has 0 fully saturated rings. The number of hydrogen-bond donors (Lipinski definition) is 0. The molecule has 0 heteroatoms. The Kier molecular flexibility index (Phi) is 9.97. The zero-order valence-electron chi connectivity index (χ0n) is 36.4. The van der Waals surface area contributed by atoms with E-state index in [0.717, 1.165) is 11.1 Å². The van der Waals surface area contributed by atoms with Gasteiger partial charge in [0.15, 0.2) is 0 Å². The largest absolute Gasteiger partial charge is 0.0616 e. The van der Waals surface area contributed by atoms with Crippen LogP contribution in [0.5, 0.6) is 0 Å². The van der Waals surface area contributed by atoms with E-state index in [4.69, 9.17) is 0 Å². The fraction of sp³-hybridized carbons (Fsp3) is 0. The van der Waals surface area contributed by atoms with E-state index >= 15 is 0 Å². The molecule has 308 valence electrons. The first kappa shape index (κ1) is 39.0. The quantitative estimate of drug-likeness (QED) is 0.146. The highest BCUT2D eigenvalue weighted by atomic mass is 14.3. The lowest BCUT2D eigenvalue weighted by atomic mass is 9.91. The second-order valence-corrected chi connectivity index (χ2v) is 17.2. The first-order valence-corrected chi connectivity index (χ1v) is 22.8. The van der Waals surface area contributed by atoms with Gasteiger partial charge in [-0.05, 0) is 134 Å². The van der Waals surface area contributed by atoms with Gasteiger partial charge in [-0.15, -0.1) is 0 Å². The van der Waals surface area contributed by atoms with E-state index in [9.17, 15) is 0 Å². The molecule has 0 aromatic heterocycles. The Labute approximate surface area is 387 Å². The first-order valence-electron chi connectivity index (χ1n) is 22.8. The van der Waals surface area contributed by atoms with Crippen LogP contribution in [0.15, 0.2) is 231 Å². The molecule has 0 spiro atoms. The standard InChI is InChI=1S/C66H44/c1-2-16-52-50(40-38-46-31-35-48(36-32-46)44-66-63-27-13-9-23-59(63)55-19-5-6-20-56(55)60-24-10-14-28-64(60)66)42-41-49(51(52)15-1)39-37-45-29-33-47(34-30-45)43-65-61-25-11-7-21-57(61)53-17-3-4-18-54(53)58-22-8-12-26-62(58)65/h1-44H/b39-37-,40-38-. The smallest absolute Gasteiger partial charge is 0.00930 e. The second kappa shape index (κ2) is 16.8. The van der Waals surface area contributed by atoms with E-state index in [1.807, 2.05) is 0 Å². The average Bonchev–Trinajstić information content (AvgIpc) is 3.58. The van der Waals surface area contributed by atoms with Gasteiger partial charge in [0.2, 0.25) is 0 Å². The van der Waals surface area contributed by atoms with Gasteiger partial charge in [0.05, 0.1) is 0 Å². The molecule has 0 nitrogen and oxygen atoms in total. The Bertz CT molecular complexity index is 3230. The van der Waals surface area contributed by atoms with E-state index in [2.05, 4.69) is 267 Å². The van der Waals surface area contributed by atoms with Crippen molar-refractivity contribution in [2.24, 2.45) is 0 Å². The zero-order valence-corrected chi connectivity index (χ0v) is 36.4. The van der Waals surface area contributed by atoms with E-state index in [0.29, 0.717) is 0 Å². The lowest BCUT2D eigenvalue weighted by molar-refractivity contribution is 1.57. The molecule has 2 aliphatic carbocycles. The van der Waals surface area contributed by atoms with Crippen molar-refractivity contribution in [2.45, 2.75) is 0 Å².